The molecular formula is C13H25N3O3. The molecule has 0 spiro atoms. The third-order valence-corrected chi connectivity index (χ3v) is 3.50. The van der Waals surface area contributed by atoms with Crippen LogP contribution in [0.3, 0.4) is 0 Å². The van der Waals surface area contributed by atoms with E-state index in [0.717, 1.165) is 6.08 Å². The molecule has 0 bridgehead atoms. The fourth-order valence-corrected chi connectivity index (χ4v) is 2.43. The fourth-order valence-electron chi connectivity index (χ4n) is 2.43. The van der Waals surface area contributed by atoms with Crippen molar-refractivity contribution in [2.24, 2.45) is 0 Å². The Labute approximate surface area is 115 Å². The summed E-state index contributed by atoms with van der Waals surface area (Å²) < 4.78 is 0.0652. The lowest BCUT2D eigenvalue weighted by molar-refractivity contribution is -0.948. The monoisotopic (exact) mass is 271 g/mol. The average molecular weight is 271 g/mol. The SMILES string of the molecule is C=CC(=O)NC[N+](C)(C)C(CCC)(C(=O)[O-])N(C)C. The number of carboxylic acid groups (broad SMARTS) is 1. The van der Waals surface area contributed by atoms with Crippen molar-refractivity contribution in [1.82, 2.24) is 10.2 Å². The molecule has 0 aliphatic rings. The Hall–Kier alpha value is -1.40. The zero-order valence-corrected chi connectivity index (χ0v) is 12.5. The third kappa shape index (κ3) is 3.54. The number of quaternary nitrogens is 1. The lowest BCUT2D eigenvalue weighted by Crippen LogP contribution is -2.75. The van der Waals surface area contributed by atoms with E-state index in [2.05, 4.69) is 11.9 Å². The van der Waals surface area contributed by atoms with Crippen molar-refractivity contribution in [2.45, 2.75) is 25.4 Å². The Morgan fingerprint density at radius 1 is 1.42 bits per heavy atom. The third-order valence-electron chi connectivity index (χ3n) is 3.50. The largest absolute Gasteiger partial charge is 0.543 e. The maximum absolute atomic E-state index is 11.7. The van der Waals surface area contributed by atoms with Crippen molar-refractivity contribution in [3.63, 3.8) is 0 Å². The fraction of sp³-hybridized carbons (Fsp3) is 0.692. The normalized spacial score (nSPS) is 14.8. The van der Waals surface area contributed by atoms with Crippen molar-refractivity contribution >= 4 is 11.9 Å². The molecule has 1 N–H and O–H groups in total. The minimum atomic E-state index is -1.19. The van der Waals surface area contributed by atoms with Gasteiger partial charge in [0.15, 0.2) is 12.3 Å². The van der Waals surface area contributed by atoms with E-state index in [-0.39, 0.29) is 17.1 Å². The molecule has 6 heteroatoms. The van der Waals surface area contributed by atoms with Crippen LogP contribution in [0.1, 0.15) is 19.8 Å². The molecule has 0 aliphatic carbocycles. The molecule has 1 amide bonds. The van der Waals surface area contributed by atoms with Crippen LogP contribution in [0.5, 0.6) is 0 Å². The topological polar surface area (TPSA) is 72.5 Å². The predicted molar refractivity (Wildman–Crippen MR) is 71.6 cm³/mol. The van der Waals surface area contributed by atoms with Gasteiger partial charge in [0.2, 0.25) is 5.91 Å². The van der Waals surface area contributed by atoms with Gasteiger partial charge in [-0.2, -0.15) is 0 Å². The van der Waals surface area contributed by atoms with Gasteiger partial charge in [-0.25, -0.2) is 0 Å². The number of rotatable bonds is 8. The molecule has 0 radical (unpaired) electrons. The number of amides is 1. The molecule has 110 valence electrons. The number of aliphatic carboxylic acids is 1. The van der Waals surface area contributed by atoms with Gasteiger partial charge in [0, 0.05) is 6.42 Å². The van der Waals surface area contributed by atoms with Crippen LogP contribution in [0.4, 0.5) is 0 Å². The van der Waals surface area contributed by atoms with Gasteiger partial charge in [-0.3, -0.25) is 14.2 Å². The molecule has 0 fully saturated rings. The molecule has 0 aliphatic heterocycles. The number of carboxylic acids is 1. The van der Waals surface area contributed by atoms with E-state index in [1.807, 2.05) is 6.92 Å². The summed E-state index contributed by atoms with van der Waals surface area (Å²) in [5.74, 6) is -1.47. The molecule has 0 aromatic carbocycles. The first kappa shape index (κ1) is 17.6. The highest BCUT2D eigenvalue weighted by Crippen LogP contribution is 2.27. The zero-order chi connectivity index (χ0) is 15.3. The second kappa shape index (κ2) is 6.68. The number of nitrogens with zero attached hydrogens (tertiary/aromatic N) is 2. The zero-order valence-electron chi connectivity index (χ0n) is 12.5. The van der Waals surface area contributed by atoms with Gasteiger partial charge in [-0.05, 0) is 26.6 Å². The molecule has 1 atom stereocenters. The molecule has 0 saturated carbocycles. The average Bonchev–Trinajstić information content (AvgIpc) is 2.31. The number of nitrogens with one attached hydrogen (secondary N) is 1. The van der Waals surface area contributed by atoms with E-state index in [1.54, 1.807) is 33.1 Å². The van der Waals surface area contributed by atoms with Crippen LogP contribution in [0, 0.1) is 0 Å². The van der Waals surface area contributed by atoms with Crippen molar-refractivity contribution in [2.75, 3.05) is 34.9 Å². The van der Waals surface area contributed by atoms with E-state index in [4.69, 9.17) is 0 Å². The highest BCUT2D eigenvalue weighted by atomic mass is 16.4. The number of carbonyl (C=O) groups excluding carboxylic acids is 2. The highest BCUT2D eigenvalue weighted by Gasteiger charge is 2.48. The molecule has 1 unspecified atom stereocenters. The van der Waals surface area contributed by atoms with Crippen molar-refractivity contribution in [1.29, 1.82) is 0 Å². The summed E-state index contributed by atoms with van der Waals surface area (Å²) in [5, 5.41) is 14.4. The van der Waals surface area contributed by atoms with E-state index in [1.165, 1.54) is 0 Å². The molecule has 0 rings (SSSR count). The van der Waals surface area contributed by atoms with Crippen LogP contribution in [0.25, 0.3) is 0 Å². The van der Waals surface area contributed by atoms with Crippen LogP contribution in [0.2, 0.25) is 0 Å². The number of hydrogen-bond acceptors (Lipinski definition) is 4. The summed E-state index contributed by atoms with van der Waals surface area (Å²) in [7, 11) is 6.94. The molecule has 0 heterocycles. The Morgan fingerprint density at radius 3 is 2.26 bits per heavy atom. The Kier molecular flexibility index (Phi) is 6.18. The van der Waals surface area contributed by atoms with Gasteiger partial charge in [-0.15, -0.1) is 0 Å². The summed E-state index contributed by atoms with van der Waals surface area (Å²) in [6.07, 6.45) is 2.29. The van der Waals surface area contributed by atoms with Gasteiger partial charge in [0.25, 0.3) is 0 Å². The number of hydrogen-bond donors (Lipinski definition) is 1. The summed E-state index contributed by atoms with van der Waals surface area (Å²) >= 11 is 0. The summed E-state index contributed by atoms with van der Waals surface area (Å²) in [6, 6.07) is 0. The van der Waals surface area contributed by atoms with E-state index in [9.17, 15) is 14.7 Å². The lowest BCUT2D eigenvalue weighted by atomic mass is 9.99. The Bertz CT molecular complexity index is 353. The molecule has 19 heavy (non-hydrogen) atoms. The van der Waals surface area contributed by atoms with E-state index >= 15 is 0 Å². The first-order chi connectivity index (χ1) is 8.65. The minimum absolute atomic E-state index is 0.0652. The molecular weight excluding hydrogens is 246 g/mol. The van der Waals surface area contributed by atoms with Gasteiger partial charge in [0.1, 0.15) is 5.97 Å². The maximum Gasteiger partial charge on any atom is 0.247 e. The van der Waals surface area contributed by atoms with E-state index < -0.39 is 11.6 Å². The maximum atomic E-state index is 11.7. The number of carbonyl (C=O) groups is 2. The molecule has 0 aromatic heterocycles. The lowest BCUT2D eigenvalue weighted by Gasteiger charge is -2.52. The molecule has 6 nitrogen and oxygen atoms in total. The number of likely N-dealkylation sites (N-methyl/N-ethyl adjacent to an activating group) is 2. The van der Waals surface area contributed by atoms with Gasteiger partial charge in [-0.1, -0.05) is 13.5 Å². The second-order valence-corrected chi connectivity index (χ2v) is 5.34. The second-order valence-electron chi connectivity index (χ2n) is 5.34. The van der Waals surface area contributed by atoms with Gasteiger partial charge < -0.3 is 15.2 Å². The van der Waals surface area contributed by atoms with Crippen LogP contribution >= 0.6 is 0 Å². The summed E-state index contributed by atoms with van der Waals surface area (Å²) in [4.78, 5) is 24.6. The standard InChI is InChI=1S/C13H25N3O3/c1-7-9-13(12(18)19,15(3)4)16(5,6)10-14-11(17)8-2/h8H,2,7,9-10H2,1,3-6H3,(H-,14,17,18,19). The van der Waals surface area contributed by atoms with Crippen molar-refractivity contribution < 1.29 is 19.2 Å². The van der Waals surface area contributed by atoms with Crippen molar-refractivity contribution in [3.05, 3.63) is 12.7 Å². The molecule has 0 saturated heterocycles. The Morgan fingerprint density at radius 2 is 1.95 bits per heavy atom. The van der Waals surface area contributed by atoms with Gasteiger partial charge >= 0.3 is 0 Å². The Balaban J connectivity index is 5.37. The van der Waals surface area contributed by atoms with Crippen LogP contribution in [-0.4, -0.2) is 61.8 Å². The first-order valence-electron chi connectivity index (χ1n) is 6.28. The predicted octanol–water partition coefficient (Wildman–Crippen LogP) is -0.870. The highest BCUT2D eigenvalue weighted by molar-refractivity contribution is 5.86. The summed E-state index contributed by atoms with van der Waals surface area (Å²) in [6.45, 7) is 5.47. The van der Waals surface area contributed by atoms with Crippen LogP contribution < -0.4 is 10.4 Å². The smallest absolute Gasteiger partial charge is 0.247 e. The quantitative estimate of drug-likeness (QED) is 0.354. The first-order valence-corrected chi connectivity index (χ1v) is 6.28. The summed E-state index contributed by atoms with van der Waals surface area (Å²) in [5.41, 5.74) is -1.19. The van der Waals surface area contributed by atoms with Crippen LogP contribution in [0.15, 0.2) is 12.7 Å². The van der Waals surface area contributed by atoms with E-state index in [0.29, 0.717) is 12.8 Å². The molecule has 0 aromatic rings. The van der Waals surface area contributed by atoms with Gasteiger partial charge in [0.05, 0.1) is 14.1 Å². The van der Waals surface area contributed by atoms with Crippen LogP contribution in [-0.2, 0) is 9.59 Å². The van der Waals surface area contributed by atoms with Crippen molar-refractivity contribution in [3.8, 4) is 0 Å². The minimum Gasteiger partial charge on any atom is -0.543 e.